The third-order valence-corrected chi connectivity index (χ3v) is 6.31. The van der Waals surface area contributed by atoms with Gasteiger partial charge in [0.05, 0.1) is 15.6 Å². The minimum absolute atomic E-state index is 0.0336. The number of thioether (sulfide) groups is 2. The highest BCUT2D eigenvalue weighted by atomic mass is 32.2. The number of fused-ring (bicyclic) bond motifs is 1. The summed E-state index contributed by atoms with van der Waals surface area (Å²) in [6.45, 7) is 5.90. The van der Waals surface area contributed by atoms with E-state index in [1.54, 1.807) is 16.7 Å². The third kappa shape index (κ3) is 3.41. The molecule has 2 heterocycles. The van der Waals surface area contributed by atoms with Gasteiger partial charge in [-0.05, 0) is 37.1 Å². The average molecular weight is 377 g/mol. The van der Waals surface area contributed by atoms with Gasteiger partial charge in [-0.25, -0.2) is 0 Å². The molecule has 0 unspecified atom stereocenters. The average Bonchev–Trinajstić information content (AvgIpc) is 3.06. The lowest BCUT2D eigenvalue weighted by atomic mass is 10.3. The van der Waals surface area contributed by atoms with Crippen LogP contribution < -0.4 is 4.90 Å². The zero-order valence-corrected chi connectivity index (χ0v) is 16.3. The van der Waals surface area contributed by atoms with Crippen LogP contribution in [0.4, 0.5) is 5.69 Å². The molecule has 0 atom stereocenters. The number of amides is 1. The molecule has 1 fully saturated rings. The van der Waals surface area contributed by atoms with Crippen LogP contribution in [0.1, 0.15) is 26.7 Å². The van der Waals surface area contributed by atoms with Crippen molar-refractivity contribution < 1.29 is 4.79 Å². The van der Waals surface area contributed by atoms with Crippen molar-refractivity contribution in [3.05, 3.63) is 46.4 Å². The topological polar surface area (TPSA) is 23.6 Å². The zero-order valence-electron chi connectivity index (χ0n) is 13.8. The zero-order chi connectivity index (χ0) is 17.1. The first-order valence-corrected chi connectivity index (χ1v) is 10.2. The fraction of sp³-hybridized carbons (Fsp3) is 0.333. The van der Waals surface area contributed by atoms with Crippen LogP contribution in [0.15, 0.2) is 51.2 Å². The lowest BCUT2D eigenvalue weighted by Gasteiger charge is -2.19. The summed E-state index contributed by atoms with van der Waals surface area (Å²) in [5.41, 5.74) is 1.25. The first kappa shape index (κ1) is 17.6. The summed E-state index contributed by atoms with van der Waals surface area (Å²) in [6.07, 6.45) is 5.96. The summed E-state index contributed by atoms with van der Waals surface area (Å²) in [6, 6.07) is 8.43. The fourth-order valence-corrected chi connectivity index (χ4v) is 5.05. The fourth-order valence-electron chi connectivity index (χ4n) is 2.71. The van der Waals surface area contributed by atoms with Crippen molar-refractivity contribution >= 4 is 51.7 Å². The molecule has 24 heavy (non-hydrogen) atoms. The quantitative estimate of drug-likeness (QED) is 0.531. The van der Waals surface area contributed by atoms with Crippen LogP contribution in [0.2, 0.25) is 0 Å². The van der Waals surface area contributed by atoms with Crippen molar-refractivity contribution in [2.24, 2.45) is 0 Å². The summed E-state index contributed by atoms with van der Waals surface area (Å²) >= 11 is 8.48. The predicted molar refractivity (Wildman–Crippen MR) is 108 cm³/mol. The highest BCUT2D eigenvalue weighted by Crippen LogP contribution is 2.46. The first-order chi connectivity index (χ1) is 11.7. The van der Waals surface area contributed by atoms with E-state index < -0.39 is 0 Å². The van der Waals surface area contributed by atoms with Gasteiger partial charge in [0.15, 0.2) is 0 Å². The third-order valence-electron chi connectivity index (χ3n) is 3.78. The number of carbonyl (C=O) groups is 1. The Kier molecular flexibility index (Phi) is 5.69. The van der Waals surface area contributed by atoms with Gasteiger partial charge in [0.1, 0.15) is 4.32 Å². The van der Waals surface area contributed by atoms with Gasteiger partial charge in [-0.1, -0.05) is 61.7 Å². The molecule has 1 saturated heterocycles. The molecule has 0 radical (unpaired) electrons. The van der Waals surface area contributed by atoms with E-state index in [9.17, 15) is 4.79 Å². The molecule has 126 valence electrons. The van der Waals surface area contributed by atoms with E-state index >= 15 is 0 Å². The van der Waals surface area contributed by atoms with Crippen LogP contribution in [-0.4, -0.2) is 28.2 Å². The highest BCUT2D eigenvalue weighted by Gasteiger charge is 2.31. The number of carbonyl (C=O) groups excluding carboxylic acids is 1. The molecule has 3 nitrogen and oxygen atoms in total. The van der Waals surface area contributed by atoms with E-state index in [0.717, 1.165) is 19.4 Å². The normalized spacial score (nSPS) is 20.6. The molecule has 0 spiro atoms. The molecular weight excluding hydrogens is 356 g/mol. The largest absolute Gasteiger partial charge is 0.335 e. The maximum absolute atomic E-state index is 12.4. The Bertz CT molecular complexity index is 727. The summed E-state index contributed by atoms with van der Waals surface area (Å²) in [4.78, 5) is 18.4. The summed E-state index contributed by atoms with van der Waals surface area (Å²) in [5, 5.41) is 1.17. The number of anilines is 1. The summed E-state index contributed by atoms with van der Waals surface area (Å²) < 4.78 is 0.666. The first-order valence-electron chi connectivity index (χ1n) is 8.15. The molecule has 2 aliphatic heterocycles. The van der Waals surface area contributed by atoms with Gasteiger partial charge in [0.2, 0.25) is 0 Å². The Morgan fingerprint density at radius 2 is 1.75 bits per heavy atom. The predicted octanol–water partition coefficient (Wildman–Crippen LogP) is 5.00. The van der Waals surface area contributed by atoms with Crippen LogP contribution in [0.25, 0.3) is 0 Å². The molecule has 1 aromatic rings. The van der Waals surface area contributed by atoms with E-state index in [4.69, 9.17) is 12.2 Å². The number of allylic oxidation sites excluding steroid dienone is 2. The van der Waals surface area contributed by atoms with Crippen LogP contribution in [-0.2, 0) is 4.79 Å². The van der Waals surface area contributed by atoms with Crippen molar-refractivity contribution in [2.75, 3.05) is 18.0 Å². The Morgan fingerprint density at radius 1 is 1.04 bits per heavy atom. The molecular formula is C18H20N2OS3. The molecule has 0 bridgehead atoms. The van der Waals surface area contributed by atoms with Crippen molar-refractivity contribution in [2.45, 2.75) is 31.6 Å². The summed E-state index contributed by atoms with van der Waals surface area (Å²) in [7, 11) is 0. The Balaban J connectivity index is 1.84. The van der Waals surface area contributed by atoms with E-state index in [1.165, 1.54) is 27.4 Å². The van der Waals surface area contributed by atoms with E-state index in [-0.39, 0.29) is 5.91 Å². The molecule has 1 amide bonds. The molecule has 0 aliphatic carbocycles. The smallest absolute Gasteiger partial charge is 0.266 e. The van der Waals surface area contributed by atoms with Gasteiger partial charge in [-0.2, -0.15) is 0 Å². The van der Waals surface area contributed by atoms with Crippen molar-refractivity contribution in [1.82, 2.24) is 4.90 Å². The standard InChI is InChI=1S/C18H20N2OS3/c1-3-11-19-13-7-5-6-8-14(13)23-16(19)10-9-15-17(21)20(12-4-2)18(22)24-15/h5-10H,3-4,11-12H2,1-2H3. The van der Waals surface area contributed by atoms with Crippen molar-refractivity contribution in [1.29, 1.82) is 0 Å². The second kappa shape index (κ2) is 7.76. The molecule has 1 aromatic carbocycles. The van der Waals surface area contributed by atoms with Gasteiger partial charge < -0.3 is 4.90 Å². The number of rotatable bonds is 5. The minimum Gasteiger partial charge on any atom is -0.335 e. The maximum Gasteiger partial charge on any atom is 0.266 e. The Morgan fingerprint density at radius 3 is 2.50 bits per heavy atom. The van der Waals surface area contributed by atoms with Gasteiger partial charge in [-0.15, -0.1) is 0 Å². The highest BCUT2D eigenvalue weighted by molar-refractivity contribution is 8.26. The van der Waals surface area contributed by atoms with Crippen molar-refractivity contribution in [3.8, 4) is 0 Å². The van der Waals surface area contributed by atoms with Gasteiger partial charge in [0, 0.05) is 18.0 Å². The Labute approximate surface area is 157 Å². The van der Waals surface area contributed by atoms with Crippen LogP contribution in [0.5, 0.6) is 0 Å². The van der Waals surface area contributed by atoms with Gasteiger partial charge in [0.25, 0.3) is 5.91 Å². The molecule has 6 heteroatoms. The second-order valence-electron chi connectivity index (χ2n) is 5.58. The van der Waals surface area contributed by atoms with Crippen molar-refractivity contribution in [3.63, 3.8) is 0 Å². The molecule has 0 aromatic heterocycles. The molecule has 3 rings (SSSR count). The van der Waals surface area contributed by atoms with Gasteiger partial charge >= 0.3 is 0 Å². The van der Waals surface area contributed by atoms with Gasteiger partial charge in [-0.3, -0.25) is 9.69 Å². The number of nitrogens with zero attached hydrogens (tertiary/aromatic N) is 2. The lowest BCUT2D eigenvalue weighted by molar-refractivity contribution is -0.122. The second-order valence-corrected chi connectivity index (χ2v) is 8.32. The minimum atomic E-state index is 0.0336. The van der Waals surface area contributed by atoms with E-state index in [1.807, 2.05) is 6.08 Å². The lowest BCUT2D eigenvalue weighted by Crippen LogP contribution is -2.28. The number of thiocarbonyl (C=S) groups is 1. The number of benzene rings is 1. The van der Waals surface area contributed by atoms with Crippen LogP contribution in [0.3, 0.4) is 0 Å². The molecule has 0 N–H and O–H groups in total. The molecule has 0 saturated carbocycles. The monoisotopic (exact) mass is 376 g/mol. The van der Waals surface area contributed by atoms with Crippen LogP contribution >= 0.6 is 35.7 Å². The van der Waals surface area contributed by atoms with E-state index in [0.29, 0.717) is 15.8 Å². The number of hydrogen-bond acceptors (Lipinski definition) is 5. The molecule has 2 aliphatic rings. The number of para-hydroxylation sites is 1. The van der Waals surface area contributed by atoms with Crippen LogP contribution in [0, 0.1) is 0 Å². The SMILES string of the molecule is CCCN1C(=O)C(=CC=C2Sc3ccccc3N2CCC)SC1=S. The number of hydrogen-bond donors (Lipinski definition) is 0. The maximum atomic E-state index is 12.4. The summed E-state index contributed by atoms with van der Waals surface area (Å²) in [5.74, 6) is 0.0336. The Hall–Kier alpha value is -1.24. The van der Waals surface area contributed by atoms with E-state index in [2.05, 4.69) is 49.1 Å².